The minimum atomic E-state index is -1.05. The zero-order chi connectivity index (χ0) is 13.7. The number of ether oxygens (including phenoxy) is 1. The van der Waals surface area contributed by atoms with Gasteiger partial charge in [0.25, 0.3) is 5.91 Å². The van der Waals surface area contributed by atoms with Gasteiger partial charge in [0.1, 0.15) is 12.3 Å². The number of hydrogen-bond donors (Lipinski definition) is 1. The van der Waals surface area contributed by atoms with Crippen molar-refractivity contribution in [3.05, 3.63) is 29.8 Å². The second-order valence-corrected chi connectivity index (χ2v) is 4.16. The number of carbonyl (C=O) groups is 2. The van der Waals surface area contributed by atoms with E-state index < -0.39 is 12.1 Å². The highest BCUT2D eigenvalue weighted by Gasteiger charge is 2.20. The van der Waals surface area contributed by atoms with Gasteiger partial charge in [0.05, 0.1) is 0 Å². The van der Waals surface area contributed by atoms with E-state index >= 15 is 0 Å². The maximum atomic E-state index is 11.8. The lowest BCUT2D eigenvalue weighted by Crippen LogP contribution is -2.40. The monoisotopic (exact) mass is 251 g/mol. The fourth-order valence-corrected chi connectivity index (χ4v) is 1.53. The van der Waals surface area contributed by atoms with Crippen molar-refractivity contribution < 1.29 is 19.4 Å². The predicted octanol–water partition coefficient (Wildman–Crippen LogP) is 1.31. The number of aliphatic carboxylic acids is 1. The molecular weight excluding hydrogens is 234 g/mol. The maximum absolute atomic E-state index is 11.8. The molecule has 0 spiro atoms. The van der Waals surface area contributed by atoms with Crippen molar-refractivity contribution in [1.82, 2.24) is 4.90 Å². The summed E-state index contributed by atoms with van der Waals surface area (Å²) in [6, 6.07) is 7.34. The van der Waals surface area contributed by atoms with Crippen LogP contribution in [0, 0.1) is 6.92 Å². The summed E-state index contributed by atoms with van der Waals surface area (Å²) >= 11 is 0. The molecule has 0 heterocycles. The number of likely N-dealkylation sites (N-methyl/N-ethyl adjacent to an activating group) is 1. The van der Waals surface area contributed by atoms with Gasteiger partial charge in [-0.3, -0.25) is 9.59 Å². The van der Waals surface area contributed by atoms with E-state index in [9.17, 15) is 9.59 Å². The molecule has 18 heavy (non-hydrogen) atoms. The van der Waals surface area contributed by atoms with Gasteiger partial charge in [0, 0.05) is 7.05 Å². The summed E-state index contributed by atoms with van der Waals surface area (Å²) < 4.78 is 5.48. The van der Waals surface area contributed by atoms with E-state index in [-0.39, 0.29) is 12.5 Å². The van der Waals surface area contributed by atoms with Crippen LogP contribution in [0.15, 0.2) is 24.3 Å². The Morgan fingerprint density at radius 2 is 2.11 bits per heavy atom. The van der Waals surface area contributed by atoms with Crippen molar-refractivity contribution in [2.45, 2.75) is 20.0 Å². The zero-order valence-electron chi connectivity index (χ0n) is 10.7. The standard InChI is InChI=1S/C13H17NO4/c1-9-5-4-6-11(7-9)18-10(2)13(17)14(3)8-12(15)16/h4-7,10H,8H2,1-3H3,(H,15,16). The Morgan fingerprint density at radius 3 is 2.67 bits per heavy atom. The third-order valence-corrected chi connectivity index (χ3v) is 2.40. The number of aryl methyl sites for hydroxylation is 1. The lowest BCUT2D eigenvalue weighted by molar-refractivity contribution is -0.146. The Labute approximate surface area is 106 Å². The SMILES string of the molecule is Cc1cccc(OC(C)C(=O)N(C)CC(=O)O)c1. The molecule has 0 saturated carbocycles. The topological polar surface area (TPSA) is 66.8 Å². The van der Waals surface area contributed by atoms with Crippen LogP contribution >= 0.6 is 0 Å². The predicted molar refractivity (Wildman–Crippen MR) is 66.5 cm³/mol. The van der Waals surface area contributed by atoms with Gasteiger partial charge in [-0.05, 0) is 31.5 Å². The second kappa shape index (κ2) is 6.05. The summed E-state index contributed by atoms with van der Waals surface area (Å²) in [5.74, 6) is -0.813. The van der Waals surface area contributed by atoms with E-state index in [2.05, 4.69) is 0 Å². The van der Waals surface area contributed by atoms with Gasteiger partial charge >= 0.3 is 5.97 Å². The van der Waals surface area contributed by atoms with Crippen LogP contribution in [0.3, 0.4) is 0 Å². The van der Waals surface area contributed by atoms with Crippen LogP contribution in [0.2, 0.25) is 0 Å². The third-order valence-electron chi connectivity index (χ3n) is 2.40. The summed E-state index contributed by atoms with van der Waals surface area (Å²) in [7, 11) is 1.44. The Balaban J connectivity index is 2.62. The van der Waals surface area contributed by atoms with Crippen molar-refractivity contribution >= 4 is 11.9 Å². The Bertz CT molecular complexity index is 444. The van der Waals surface area contributed by atoms with Gasteiger partial charge in [-0.15, -0.1) is 0 Å². The summed E-state index contributed by atoms with van der Waals surface area (Å²) in [6.07, 6.45) is -0.712. The Hall–Kier alpha value is -2.04. The molecular formula is C13H17NO4. The molecule has 1 aromatic carbocycles. The van der Waals surface area contributed by atoms with Gasteiger partial charge in [-0.1, -0.05) is 12.1 Å². The first-order valence-electron chi connectivity index (χ1n) is 5.60. The average molecular weight is 251 g/mol. The molecule has 1 aromatic rings. The van der Waals surface area contributed by atoms with Crippen molar-refractivity contribution in [3.63, 3.8) is 0 Å². The van der Waals surface area contributed by atoms with E-state index in [4.69, 9.17) is 9.84 Å². The molecule has 5 heteroatoms. The molecule has 1 amide bonds. The van der Waals surface area contributed by atoms with Crippen LogP contribution in [0.25, 0.3) is 0 Å². The number of hydrogen-bond acceptors (Lipinski definition) is 3. The molecule has 1 rings (SSSR count). The molecule has 98 valence electrons. The van der Waals surface area contributed by atoms with Crippen molar-refractivity contribution in [3.8, 4) is 5.75 Å². The van der Waals surface area contributed by atoms with Gasteiger partial charge in [-0.2, -0.15) is 0 Å². The molecule has 0 saturated heterocycles. The molecule has 5 nitrogen and oxygen atoms in total. The van der Waals surface area contributed by atoms with Crippen LogP contribution < -0.4 is 4.74 Å². The van der Waals surface area contributed by atoms with Crippen LogP contribution in [-0.2, 0) is 9.59 Å². The van der Waals surface area contributed by atoms with Gasteiger partial charge in [-0.25, -0.2) is 0 Å². The van der Waals surface area contributed by atoms with Crippen LogP contribution in [0.1, 0.15) is 12.5 Å². The van der Waals surface area contributed by atoms with Crippen molar-refractivity contribution in [1.29, 1.82) is 0 Å². The quantitative estimate of drug-likeness (QED) is 0.856. The van der Waals surface area contributed by atoms with E-state index in [0.29, 0.717) is 5.75 Å². The smallest absolute Gasteiger partial charge is 0.323 e. The summed E-state index contributed by atoms with van der Waals surface area (Å²) in [5, 5.41) is 8.61. The first kappa shape index (κ1) is 14.0. The van der Waals surface area contributed by atoms with Gasteiger partial charge in [0.2, 0.25) is 0 Å². The number of nitrogens with zero attached hydrogens (tertiary/aromatic N) is 1. The van der Waals surface area contributed by atoms with Crippen molar-refractivity contribution in [2.75, 3.05) is 13.6 Å². The molecule has 1 atom stereocenters. The zero-order valence-corrected chi connectivity index (χ0v) is 10.7. The molecule has 1 unspecified atom stereocenters. The summed E-state index contributed by atoms with van der Waals surface area (Å²) in [6.45, 7) is 3.19. The summed E-state index contributed by atoms with van der Waals surface area (Å²) in [5.41, 5.74) is 1.03. The Kier molecular flexibility index (Phi) is 4.71. The second-order valence-electron chi connectivity index (χ2n) is 4.16. The molecule has 0 bridgehead atoms. The lowest BCUT2D eigenvalue weighted by Gasteiger charge is -2.20. The van der Waals surface area contributed by atoms with Gasteiger partial charge < -0.3 is 14.7 Å². The van der Waals surface area contributed by atoms with E-state index in [0.717, 1.165) is 10.5 Å². The van der Waals surface area contributed by atoms with Crippen LogP contribution in [0.5, 0.6) is 5.75 Å². The molecule has 0 aliphatic carbocycles. The fraction of sp³-hybridized carbons (Fsp3) is 0.385. The molecule has 1 N–H and O–H groups in total. The first-order chi connectivity index (χ1) is 8.40. The minimum absolute atomic E-state index is 0.333. The van der Waals surface area contributed by atoms with Crippen molar-refractivity contribution in [2.24, 2.45) is 0 Å². The van der Waals surface area contributed by atoms with Crippen LogP contribution in [-0.4, -0.2) is 41.6 Å². The summed E-state index contributed by atoms with van der Waals surface area (Å²) in [4.78, 5) is 23.4. The molecule has 0 aromatic heterocycles. The molecule has 0 radical (unpaired) electrons. The number of rotatable bonds is 5. The average Bonchev–Trinajstić information content (AvgIpc) is 2.27. The first-order valence-corrected chi connectivity index (χ1v) is 5.60. The van der Waals surface area contributed by atoms with E-state index in [1.807, 2.05) is 25.1 Å². The molecule has 0 fully saturated rings. The van der Waals surface area contributed by atoms with Gasteiger partial charge in [0.15, 0.2) is 6.10 Å². The number of amides is 1. The third kappa shape index (κ3) is 4.08. The highest BCUT2D eigenvalue weighted by Crippen LogP contribution is 2.14. The van der Waals surface area contributed by atoms with E-state index in [1.165, 1.54) is 7.05 Å². The number of carbonyl (C=O) groups excluding carboxylic acids is 1. The number of carboxylic acid groups (broad SMARTS) is 1. The van der Waals surface area contributed by atoms with Crippen LogP contribution in [0.4, 0.5) is 0 Å². The highest BCUT2D eigenvalue weighted by atomic mass is 16.5. The highest BCUT2D eigenvalue weighted by molar-refractivity contribution is 5.84. The molecule has 0 aliphatic heterocycles. The Morgan fingerprint density at radius 1 is 1.44 bits per heavy atom. The number of benzene rings is 1. The lowest BCUT2D eigenvalue weighted by atomic mass is 10.2. The minimum Gasteiger partial charge on any atom is -0.481 e. The number of carboxylic acids is 1. The normalized spacial score (nSPS) is 11.7. The fourth-order valence-electron chi connectivity index (χ4n) is 1.53. The maximum Gasteiger partial charge on any atom is 0.323 e. The van der Waals surface area contributed by atoms with E-state index in [1.54, 1.807) is 13.0 Å². The molecule has 0 aliphatic rings. The largest absolute Gasteiger partial charge is 0.481 e.